The average Bonchev–Trinajstić information content (AvgIpc) is 2.05. The van der Waals surface area contributed by atoms with Gasteiger partial charge in [0.2, 0.25) is 5.88 Å². The second kappa shape index (κ2) is 3.76. The lowest BCUT2D eigenvalue weighted by Gasteiger charge is -2.08. The Morgan fingerprint density at radius 3 is 2.67 bits per heavy atom. The van der Waals surface area contributed by atoms with Crippen molar-refractivity contribution >= 4 is 11.6 Å². The first-order valence-corrected chi connectivity index (χ1v) is 4.22. The highest BCUT2D eigenvalue weighted by Crippen LogP contribution is 2.25. The number of ether oxygens (including phenoxy) is 1. The Balaban J connectivity index is 3.08. The quantitative estimate of drug-likeness (QED) is 0.707. The van der Waals surface area contributed by atoms with Crippen LogP contribution < -0.4 is 4.74 Å². The van der Waals surface area contributed by atoms with Gasteiger partial charge < -0.3 is 4.74 Å². The normalized spacial score (nSPS) is 10.4. The average molecular weight is 186 g/mol. The highest BCUT2D eigenvalue weighted by molar-refractivity contribution is 6.31. The van der Waals surface area contributed by atoms with Crippen molar-refractivity contribution in [2.45, 2.75) is 19.8 Å². The van der Waals surface area contributed by atoms with E-state index in [9.17, 15) is 0 Å². The van der Waals surface area contributed by atoms with Crippen LogP contribution in [-0.4, -0.2) is 12.1 Å². The molecule has 3 heteroatoms. The number of hydrogen-bond acceptors (Lipinski definition) is 2. The minimum absolute atomic E-state index is 0.398. The second-order valence-corrected chi connectivity index (χ2v) is 3.31. The summed E-state index contributed by atoms with van der Waals surface area (Å²) >= 11 is 5.93. The molecule has 0 radical (unpaired) electrons. The van der Waals surface area contributed by atoms with E-state index in [2.05, 4.69) is 18.8 Å². The number of nitrogens with zero attached hydrogens (tertiary/aromatic N) is 1. The van der Waals surface area contributed by atoms with Gasteiger partial charge in [0.1, 0.15) is 0 Å². The molecule has 0 aliphatic heterocycles. The van der Waals surface area contributed by atoms with Crippen LogP contribution in [0.4, 0.5) is 0 Å². The lowest BCUT2D eigenvalue weighted by molar-refractivity contribution is 0.397. The van der Waals surface area contributed by atoms with E-state index in [0.717, 1.165) is 5.56 Å². The summed E-state index contributed by atoms with van der Waals surface area (Å²) in [6.07, 6.45) is 1.62. The van der Waals surface area contributed by atoms with Gasteiger partial charge in [-0.05, 0) is 11.5 Å². The Morgan fingerprint density at radius 2 is 2.17 bits per heavy atom. The molecule has 66 valence electrons. The number of rotatable bonds is 2. The minimum Gasteiger partial charge on any atom is -0.481 e. The number of methoxy groups -OCH3 is 1. The first-order chi connectivity index (χ1) is 5.65. The lowest BCUT2D eigenvalue weighted by Crippen LogP contribution is -1.93. The Hall–Kier alpha value is -0.760. The Labute approximate surface area is 77.5 Å². The standard InChI is InChI=1S/C9H12ClNO/c1-6(2)7-4-9(12-3)11-5-8(7)10/h4-6H,1-3H3. The first-order valence-electron chi connectivity index (χ1n) is 3.84. The molecule has 2 nitrogen and oxygen atoms in total. The molecule has 1 aromatic heterocycles. The van der Waals surface area contributed by atoms with Gasteiger partial charge in [-0.3, -0.25) is 0 Å². The molecule has 0 aliphatic carbocycles. The molecule has 0 bridgehead atoms. The van der Waals surface area contributed by atoms with Crippen LogP contribution in [0.15, 0.2) is 12.3 Å². The Bertz CT molecular complexity index is 273. The van der Waals surface area contributed by atoms with Crippen molar-refractivity contribution < 1.29 is 4.74 Å². The van der Waals surface area contributed by atoms with Crippen molar-refractivity contribution in [3.63, 3.8) is 0 Å². The summed E-state index contributed by atoms with van der Waals surface area (Å²) in [6.45, 7) is 4.17. The van der Waals surface area contributed by atoms with Crippen molar-refractivity contribution in [2.24, 2.45) is 0 Å². The molecular formula is C9H12ClNO. The molecule has 1 aromatic rings. The van der Waals surface area contributed by atoms with Crippen molar-refractivity contribution in [2.75, 3.05) is 7.11 Å². The SMILES string of the molecule is COc1cc(C(C)C)c(Cl)cn1. The predicted octanol–water partition coefficient (Wildman–Crippen LogP) is 2.87. The maximum atomic E-state index is 5.93. The number of pyridine rings is 1. The first kappa shape index (κ1) is 9.33. The van der Waals surface area contributed by atoms with Crippen molar-refractivity contribution in [1.82, 2.24) is 4.98 Å². The van der Waals surface area contributed by atoms with E-state index in [0.29, 0.717) is 16.8 Å². The van der Waals surface area contributed by atoms with E-state index in [4.69, 9.17) is 16.3 Å². The van der Waals surface area contributed by atoms with Crippen LogP contribution in [0.1, 0.15) is 25.3 Å². The molecule has 0 amide bonds. The van der Waals surface area contributed by atoms with Gasteiger partial charge in [-0.1, -0.05) is 25.4 Å². The van der Waals surface area contributed by atoms with Gasteiger partial charge in [0.15, 0.2) is 0 Å². The third kappa shape index (κ3) is 1.89. The molecule has 0 aliphatic rings. The van der Waals surface area contributed by atoms with Crippen molar-refractivity contribution in [3.05, 3.63) is 22.8 Å². The summed E-state index contributed by atoms with van der Waals surface area (Å²) in [5, 5.41) is 0.700. The molecule has 0 fully saturated rings. The summed E-state index contributed by atoms with van der Waals surface area (Å²) < 4.78 is 4.99. The number of halogens is 1. The molecule has 0 aromatic carbocycles. The molecule has 0 spiro atoms. The highest BCUT2D eigenvalue weighted by Gasteiger charge is 2.06. The fourth-order valence-corrected chi connectivity index (χ4v) is 1.31. The zero-order chi connectivity index (χ0) is 9.14. The van der Waals surface area contributed by atoms with Gasteiger partial charge in [-0.15, -0.1) is 0 Å². The van der Waals surface area contributed by atoms with E-state index >= 15 is 0 Å². The third-order valence-electron chi connectivity index (χ3n) is 1.69. The minimum atomic E-state index is 0.398. The molecule has 0 atom stereocenters. The molecule has 0 saturated carbocycles. The summed E-state index contributed by atoms with van der Waals surface area (Å²) in [6, 6.07) is 1.87. The van der Waals surface area contributed by atoms with E-state index in [1.54, 1.807) is 13.3 Å². The second-order valence-electron chi connectivity index (χ2n) is 2.90. The van der Waals surface area contributed by atoms with E-state index < -0.39 is 0 Å². The zero-order valence-corrected chi connectivity index (χ0v) is 8.22. The molecule has 0 saturated heterocycles. The van der Waals surface area contributed by atoms with E-state index in [1.807, 2.05) is 6.07 Å². The van der Waals surface area contributed by atoms with Crippen molar-refractivity contribution in [1.29, 1.82) is 0 Å². The largest absolute Gasteiger partial charge is 0.481 e. The van der Waals surface area contributed by atoms with Gasteiger partial charge in [-0.25, -0.2) is 4.98 Å². The van der Waals surface area contributed by atoms with Gasteiger partial charge in [0.05, 0.1) is 12.1 Å². The summed E-state index contributed by atoms with van der Waals surface area (Å²) in [5.41, 5.74) is 1.07. The van der Waals surface area contributed by atoms with Crippen LogP contribution in [0.25, 0.3) is 0 Å². The summed E-state index contributed by atoms with van der Waals surface area (Å²) in [4.78, 5) is 3.99. The van der Waals surface area contributed by atoms with Crippen LogP contribution in [-0.2, 0) is 0 Å². The monoisotopic (exact) mass is 185 g/mol. The van der Waals surface area contributed by atoms with Gasteiger partial charge >= 0.3 is 0 Å². The summed E-state index contributed by atoms with van der Waals surface area (Å²) in [7, 11) is 1.60. The fourth-order valence-electron chi connectivity index (χ4n) is 0.988. The van der Waals surface area contributed by atoms with Crippen molar-refractivity contribution in [3.8, 4) is 5.88 Å². The van der Waals surface area contributed by atoms with Gasteiger partial charge in [-0.2, -0.15) is 0 Å². The zero-order valence-electron chi connectivity index (χ0n) is 7.47. The van der Waals surface area contributed by atoms with Gasteiger partial charge in [0.25, 0.3) is 0 Å². The summed E-state index contributed by atoms with van der Waals surface area (Å²) in [5.74, 6) is 1.01. The molecule has 0 unspecified atom stereocenters. The predicted molar refractivity (Wildman–Crippen MR) is 49.9 cm³/mol. The van der Waals surface area contributed by atoms with E-state index in [-0.39, 0.29) is 0 Å². The molecule has 1 heterocycles. The van der Waals surface area contributed by atoms with Crippen LogP contribution in [0.3, 0.4) is 0 Å². The van der Waals surface area contributed by atoms with E-state index in [1.165, 1.54) is 0 Å². The maximum Gasteiger partial charge on any atom is 0.213 e. The Morgan fingerprint density at radius 1 is 1.50 bits per heavy atom. The molecule has 1 rings (SSSR count). The topological polar surface area (TPSA) is 22.1 Å². The maximum absolute atomic E-state index is 5.93. The van der Waals surface area contributed by atoms with Crippen LogP contribution in [0.5, 0.6) is 5.88 Å². The van der Waals surface area contributed by atoms with Crippen LogP contribution in [0, 0.1) is 0 Å². The number of hydrogen-bond donors (Lipinski definition) is 0. The lowest BCUT2D eigenvalue weighted by atomic mass is 10.1. The molecule has 0 N–H and O–H groups in total. The molecular weight excluding hydrogens is 174 g/mol. The molecule has 12 heavy (non-hydrogen) atoms. The van der Waals surface area contributed by atoms with Crippen LogP contribution in [0.2, 0.25) is 5.02 Å². The number of aromatic nitrogens is 1. The van der Waals surface area contributed by atoms with Gasteiger partial charge in [0, 0.05) is 12.3 Å². The third-order valence-corrected chi connectivity index (χ3v) is 2.01. The smallest absolute Gasteiger partial charge is 0.213 e. The fraction of sp³-hybridized carbons (Fsp3) is 0.444. The Kier molecular flexibility index (Phi) is 2.93. The van der Waals surface area contributed by atoms with Crippen LogP contribution >= 0.6 is 11.6 Å². The highest BCUT2D eigenvalue weighted by atomic mass is 35.5.